The number of rotatable bonds is 2. The SMILES string of the molecule is CC(C)(C)c1cccc(N(Cl)C(=O)O)c1CN. The minimum Gasteiger partial charge on any atom is -0.464 e. The maximum atomic E-state index is 10.9. The summed E-state index contributed by atoms with van der Waals surface area (Å²) in [6, 6.07) is 5.38. The highest BCUT2D eigenvalue weighted by molar-refractivity contribution is 6.35. The Morgan fingerprint density at radius 3 is 2.47 bits per heavy atom. The van der Waals surface area contributed by atoms with Crippen molar-refractivity contribution >= 4 is 23.6 Å². The lowest BCUT2D eigenvalue weighted by Crippen LogP contribution is -2.23. The van der Waals surface area contributed by atoms with E-state index in [1.54, 1.807) is 12.1 Å². The summed E-state index contributed by atoms with van der Waals surface area (Å²) in [5, 5.41) is 8.90. The first kappa shape index (κ1) is 13.8. The lowest BCUT2D eigenvalue weighted by atomic mass is 9.83. The average molecular weight is 257 g/mol. The van der Waals surface area contributed by atoms with Gasteiger partial charge >= 0.3 is 6.09 Å². The molecule has 0 saturated carbocycles. The van der Waals surface area contributed by atoms with Crippen LogP contribution in [-0.4, -0.2) is 11.2 Å². The van der Waals surface area contributed by atoms with Crippen molar-refractivity contribution in [3.8, 4) is 0 Å². The molecule has 0 fully saturated rings. The van der Waals surface area contributed by atoms with Gasteiger partial charge in [0, 0.05) is 18.3 Å². The summed E-state index contributed by atoms with van der Waals surface area (Å²) in [4.78, 5) is 10.9. The Labute approximate surface area is 106 Å². The van der Waals surface area contributed by atoms with Crippen molar-refractivity contribution in [2.45, 2.75) is 32.7 Å². The van der Waals surface area contributed by atoms with Crippen LogP contribution < -0.4 is 10.2 Å². The largest absolute Gasteiger partial charge is 0.464 e. The topological polar surface area (TPSA) is 66.6 Å². The molecule has 4 nitrogen and oxygen atoms in total. The van der Waals surface area contributed by atoms with Gasteiger partial charge in [-0.1, -0.05) is 32.9 Å². The number of benzene rings is 1. The van der Waals surface area contributed by atoms with E-state index in [0.29, 0.717) is 10.1 Å². The Balaban J connectivity index is 3.39. The van der Waals surface area contributed by atoms with Crippen LogP contribution in [0.3, 0.4) is 0 Å². The van der Waals surface area contributed by atoms with E-state index in [9.17, 15) is 4.79 Å². The normalized spacial score (nSPS) is 11.4. The summed E-state index contributed by atoms with van der Waals surface area (Å²) in [5.41, 5.74) is 7.79. The van der Waals surface area contributed by atoms with Gasteiger partial charge in [0.05, 0.1) is 5.69 Å². The minimum atomic E-state index is -1.22. The van der Waals surface area contributed by atoms with Crippen LogP contribution in [0.5, 0.6) is 0 Å². The van der Waals surface area contributed by atoms with Crippen LogP contribution in [0.25, 0.3) is 0 Å². The van der Waals surface area contributed by atoms with Crippen LogP contribution in [0.15, 0.2) is 18.2 Å². The second-order valence-corrected chi connectivity index (χ2v) is 5.16. The molecule has 0 spiro atoms. The van der Waals surface area contributed by atoms with Crippen molar-refractivity contribution < 1.29 is 9.90 Å². The van der Waals surface area contributed by atoms with Crippen molar-refractivity contribution in [3.63, 3.8) is 0 Å². The van der Waals surface area contributed by atoms with E-state index < -0.39 is 6.09 Å². The number of carbonyl (C=O) groups is 1. The predicted molar refractivity (Wildman–Crippen MR) is 69.4 cm³/mol. The molecule has 17 heavy (non-hydrogen) atoms. The summed E-state index contributed by atoms with van der Waals surface area (Å²) >= 11 is 5.73. The summed E-state index contributed by atoms with van der Waals surface area (Å²) in [6.45, 7) is 6.39. The molecule has 0 aliphatic carbocycles. The molecule has 0 unspecified atom stereocenters. The van der Waals surface area contributed by atoms with Gasteiger partial charge in [-0.05, 0) is 22.6 Å². The lowest BCUT2D eigenvalue weighted by molar-refractivity contribution is 0.206. The molecule has 0 radical (unpaired) electrons. The van der Waals surface area contributed by atoms with Crippen molar-refractivity contribution in [3.05, 3.63) is 29.3 Å². The molecule has 1 aromatic carbocycles. The molecular weight excluding hydrogens is 240 g/mol. The number of hydrogen-bond donors (Lipinski definition) is 2. The van der Waals surface area contributed by atoms with Crippen molar-refractivity contribution in [2.24, 2.45) is 5.73 Å². The van der Waals surface area contributed by atoms with Gasteiger partial charge in [-0.15, -0.1) is 0 Å². The monoisotopic (exact) mass is 256 g/mol. The quantitative estimate of drug-likeness (QED) is 0.799. The average Bonchev–Trinajstić information content (AvgIpc) is 2.25. The lowest BCUT2D eigenvalue weighted by Gasteiger charge is -2.25. The van der Waals surface area contributed by atoms with E-state index >= 15 is 0 Å². The Hall–Kier alpha value is -1.26. The molecule has 0 aliphatic heterocycles. The van der Waals surface area contributed by atoms with E-state index in [1.807, 2.05) is 26.8 Å². The molecule has 1 rings (SSSR count). The molecule has 1 aromatic rings. The summed E-state index contributed by atoms with van der Waals surface area (Å²) in [5.74, 6) is 0. The second-order valence-electron chi connectivity index (χ2n) is 4.82. The number of carboxylic acid groups (broad SMARTS) is 1. The van der Waals surface area contributed by atoms with Gasteiger partial charge in [0.2, 0.25) is 0 Å². The summed E-state index contributed by atoms with van der Waals surface area (Å²) < 4.78 is 0.678. The van der Waals surface area contributed by atoms with Crippen LogP contribution >= 0.6 is 11.8 Å². The molecule has 0 atom stereocenters. The number of nitrogens with two attached hydrogens (primary N) is 1. The molecule has 3 N–H and O–H groups in total. The molecule has 0 bridgehead atoms. The standard InChI is InChI=1S/C12H17ClN2O2/c1-12(2,3)9-5-4-6-10(8(9)7-14)15(13)11(16)17/h4-6H,7,14H2,1-3H3,(H,16,17). The van der Waals surface area contributed by atoms with Crippen LogP contribution in [0.4, 0.5) is 10.5 Å². The fourth-order valence-corrected chi connectivity index (χ4v) is 1.94. The molecule has 1 amide bonds. The third-order valence-corrected chi connectivity index (χ3v) is 2.87. The van der Waals surface area contributed by atoms with Crippen LogP contribution in [0.2, 0.25) is 0 Å². The van der Waals surface area contributed by atoms with Crippen molar-refractivity contribution in [1.29, 1.82) is 0 Å². The van der Waals surface area contributed by atoms with Crippen LogP contribution in [-0.2, 0) is 12.0 Å². The van der Waals surface area contributed by atoms with Gasteiger partial charge in [-0.3, -0.25) is 0 Å². The molecular formula is C12H17ClN2O2. The first-order valence-electron chi connectivity index (χ1n) is 5.30. The van der Waals surface area contributed by atoms with Gasteiger partial charge in [0.25, 0.3) is 0 Å². The molecule has 5 heteroatoms. The smallest absolute Gasteiger partial charge is 0.426 e. The van der Waals surface area contributed by atoms with E-state index in [4.69, 9.17) is 22.6 Å². The summed E-state index contributed by atoms with van der Waals surface area (Å²) in [6.07, 6.45) is -1.22. The maximum absolute atomic E-state index is 10.9. The zero-order valence-corrected chi connectivity index (χ0v) is 11.0. The zero-order chi connectivity index (χ0) is 13.2. The molecule has 0 heterocycles. The highest BCUT2D eigenvalue weighted by atomic mass is 35.5. The number of halogens is 1. The van der Waals surface area contributed by atoms with Crippen molar-refractivity contribution in [1.82, 2.24) is 0 Å². The van der Waals surface area contributed by atoms with E-state index in [1.165, 1.54) is 0 Å². The Morgan fingerprint density at radius 1 is 1.47 bits per heavy atom. The first-order chi connectivity index (χ1) is 7.79. The highest BCUT2D eigenvalue weighted by Crippen LogP contribution is 2.32. The Kier molecular flexibility index (Phi) is 4.01. The third kappa shape index (κ3) is 2.90. The van der Waals surface area contributed by atoms with Crippen LogP contribution in [0.1, 0.15) is 31.9 Å². The summed E-state index contributed by atoms with van der Waals surface area (Å²) in [7, 11) is 0. The number of hydrogen-bond acceptors (Lipinski definition) is 2. The third-order valence-electron chi connectivity index (χ3n) is 2.54. The van der Waals surface area contributed by atoms with Crippen LogP contribution in [0, 0.1) is 0 Å². The molecule has 0 aliphatic rings. The fraction of sp³-hybridized carbons (Fsp3) is 0.417. The first-order valence-corrected chi connectivity index (χ1v) is 5.64. The Bertz CT molecular complexity index is 427. The zero-order valence-electron chi connectivity index (χ0n) is 10.2. The van der Waals surface area contributed by atoms with E-state index in [2.05, 4.69) is 0 Å². The number of amides is 1. The number of nitrogens with zero attached hydrogens (tertiary/aromatic N) is 1. The molecule has 94 valence electrons. The van der Waals surface area contributed by atoms with E-state index in [-0.39, 0.29) is 12.0 Å². The van der Waals surface area contributed by atoms with Gasteiger partial charge in [0.1, 0.15) is 0 Å². The Morgan fingerprint density at radius 2 is 2.06 bits per heavy atom. The number of anilines is 1. The van der Waals surface area contributed by atoms with Crippen molar-refractivity contribution in [2.75, 3.05) is 4.42 Å². The minimum absolute atomic E-state index is 0.110. The highest BCUT2D eigenvalue weighted by Gasteiger charge is 2.23. The van der Waals surface area contributed by atoms with Gasteiger partial charge in [-0.25, -0.2) is 4.79 Å². The van der Waals surface area contributed by atoms with Gasteiger partial charge < -0.3 is 10.8 Å². The fourth-order valence-electron chi connectivity index (χ4n) is 1.78. The second kappa shape index (κ2) is 4.94. The molecule has 0 saturated heterocycles. The van der Waals surface area contributed by atoms with Gasteiger partial charge in [0.15, 0.2) is 0 Å². The molecule has 0 aromatic heterocycles. The van der Waals surface area contributed by atoms with Gasteiger partial charge in [-0.2, -0.15) is 4.42 Å². The predicted octanol–water partition coefficient (Wildman–Crippen LogP) is 3.08. The van der Waals surface area contributed by atoms with E-state index in [0.717, 1.165) is 11.1 Å². The maximum Gasteiger partial charge on any atom is 0.426 e.